The molecule has 1 aliphatic carbocycles. The molecule has 0 amide bonds. The second-order valence-electron chi connectivity index (χ2n) is 44.7. The molecule has 1 fully saturated rings. The van der Waals surface area contributed by atoms with Crippen molar-refractivity contribution in [3.05, 3.63) is 0 Å². The largest absolute Gasteiger partial charge is 0.308 e. The van der Waals surface area contributed by atoms with Crippen molar-refractivity contribution in [1.82, 2.24) is 44.1 Å². The van der Waals surface area contributed by atoms with Gasteiger partial charge in [-0.25, -0.2) is 0 Å². The van der Waals surface area contributed by atoms with Crippen LogP contribution in [0.25, 0.3) is 0 Å². The van der Waals surface area contributed by atoms with Crippen LogP contribution in [0.1, 0.15) is 374 Å². The molecule has 0 atom stereocenters. The number of rotatable bonds is 41. The number of hydrogen-bond donors (Lipinski definition) is 0. The van der Waals surface area contributed by atoms with Crippen LogP contribution in [-0.2, 0) is 0 Å². The predicted octanol–water partition coefficient (Wildman–Crippen LogP) is 26.2. The molecule has 106 heavy (non-hydrogen) atoms. The minimum absolute atomic E-state index is 0.418. The molecule has 0 heterocycles. The van der Waals surface area contributed by atoms with E-state index < -0.39 is 0 Å². The maximum Gasteiger partial charge on any atom is 0.0109 e. The Kier molecular flexibility index (Phi) is 72.2. The second kappa shape index (κ2) is 64.2. The molecule has 0 unspecified atom stereocenters. The van der Waals surface area contributed by atoms with Gasteiger partial charge in [0.15, 0.2) is 0 Å². The van der Waals surface area contributed by atoms with Gasteiger partial charge in [0.1, 0.15) is 0 Å². The number of hydrogen-bond acceptors (Lipinski definition) is 10. The van der Waals surface area contributed by atoms with Crippen LogP contribution in [0.15, 0.2) is 0 Å². The highest BCUT2D eigenvalue weighted by Gasteiger charge is 2.27. The summed E-state index contributed by atoms with van der Waals surface area (Å²) in [6.45, 7) is 127. The summed E-state index contributed by atoms with van der Waals surface area (Å²) < 4.78 is 0. The summed E-state index contributed by atoms with van der Waals surface area (Å²) in [5.74, 6) is 3.21. The Morgan fingerprint density at radius 2 is 0.538 bits per heavy atom. The predicted molar refractivity (Wildman–Crippen MR) is 498 cm³/mol. The van der Waals surface area contributed by atoms with E-state index in [0.717, 1.165) is 31.5 Å². The minimum Gasteiger partial charge on any atom is -0.308 e. The van der Waals surface area contributed by atoms with Crippen LogP contribution in [0.2, 0.25) is 0 Å². The topological polar surface area (TPSA) is 29.2 Å². The molecule has 650 valence electrons. The average molecular weight is 1530 g/mol. The maximum atomic E-state index is 2.59. The second-order valence-corrected chi connectivity index (χ2v) is 45.7. The summed E-state index contributed by atoms with van der Waals surface area (Å²) in [5.41, 5.74) is 4.37. The molecule has 0 aromatic carbocycles. The van der Waals surface area contributed by atoms with E-state index in [0.29, 0.717) is 54.1 Å². The van der Waals surface area contributed by atoms with E-state index in [1.165, 1.54) is 233 Å². The van der Waals surface area contributed by atoms with Gasteiger partial charge in [-0.2, -0.15) is 11.8 Å². The van der Waals surface area contributed by atoms with Gasteiger partial charge >= 0.3 is 0 Å². The molecular weight excluding hydrogens is 1310 g/mol. The first-order chi connectivity index (χ1) is 48.0. The van der Waals surface area contributed by atoms with Crippen molar-refractivity contribution in [3.63, 3.8) is 0 Å². The Morgan fingerprint density at radius 3 is 0.802 bits per heavy atom. The molecule has 1 rings (SSSR count). The quantitative estimate of drug-likeness (QED) is 0.0552. The van der Waals surface area contributed by atoms with Gasteiger partial charge in [-0.15, -0.1) is 0 Å². The van der Waals surface area contributed by atoms with E-state index in [-0.39, 0.29) is 0 Å². The third-order valence-corrected chi connectivity index (χ3v) is 18.7. The zero-order valence-corrected chi connectivity index (χ0v) is 84.0. The van der Waals surface area contributed by atoms with Crippen LogP contribution in [0, 0.1) is 66.0 Å². The lowest BCUT2D eigenvalue weighted by Gasteiger charge is -2.33. The fourth-order valence-corrected chi connectivity index (χ4v) is 13.3. The van der Waals surface area contributed by atoms with Gasteiger partial charge in [-0.1, -0.05) is 336 Å². The molecule has 0 N–H and O–H groups in total. The molecule has 0 aromatic heterocycles. The number of likely N-dealkylation sites (N-methyl/N-ethyl adjacent to an activating group) is 2. The summed E-state index contributed by atoms with van der Waals surface area (Å²) >= 11 is 1.95. The highest BCUT2D eigenvalue weighted by atomic mass is 32.2. The lowest BCUT2D eigenvalue weighted by atomic mass is 9.91. The number of thioether (sulfide) groups is 1. The number of unbranched alkanes of at least 4 members (excludes halogenated alkanes) is 5. The monoisotopic (exact) mass is 1530 g/mol. The van der Waals surface area contributed by atoms with E-state index in [1.54, 1.807) is 0 Å². The van der Waals surface area contributed by atoms with Crippen LogP contribution < -0.4 is 0 Å². The van der Waals surface area contributed by atoms with Gasteiger partial charge < -0.3 is 44.1 Å². The standard InChI is InChI=1S/C14H31N.2C13H29N.C12H27N.C11H26N2.C11H25NS.C11H23N.C11H25N/c1-6-8-9-10-11-12-15(7-2)13-14(3,4)5;1-8-14(11-13(5,6)7)10-9-12(2,3)4;1-7-12(8-2)10-14(9-3)11-13(4,5)6;1-8-13(9-11(2,3)4)10-12(5,6)7;1-7-13(9-8-12(5)6)10-11(2,3)4;1-6-12(8-7-9-13-5)10-11(2,3)4;1-5-12(8-10-6-7-10)9-11(2,3)4;1-6-8-9-12(7-2)10-11(3,4)5/h6-13H2,1-5H3;8-11H2,1-7H3;12H,7-11H2,1-6H3;8-10H2,1-7H3;7-10H2,1-6H3;6-10H2,1-5H3;10H,5-9H2,1-4H3;6-10H2,1-5H3. The van der Waals surface area contributed by atoms with E-state index >= 15 is 0 Å². The van der Waals surface area contributed by atoms with Crippen molar-refractivity contribution >= 4 is 11.8 Å². The molecule has 10 heteroatoms. The zero-order chi connectivity index (χ0) is 84.6. The van der Waals surface area contributed by atoms with Crippen molar-refractivity contribution in [1.29, 1.82) is 0 Å². The maximum absolute atomic E-state index is 2.59. The third kappa shape index (κ3) is 104. The SMILES string of the molecule is CCC(CC)CN(CC)CC(C)(C)C.CCCCCCCN(CC)CC(C)(C)C.CCCCN(CC)CC(C)(C)C.CCN(CC(C)(C)C)CC(C)(C)C.CCN(CC1CC1)CC(C)(C)C.CCN(CCC(C)(C)C)CC(C)(C)C.CCN(CCCSC)CC(C)(C)C.CCN(CCN(C)C)CC(C)(C)C. The first-order valence-electron chi connectivity index (χ1n) is 45.0. The van der Waals surface area contributed by atoms with Crippen molar-refractivity contribution < 1.29 is 0 Å². The molecule has 1 saturated carbocycles. The Hall–Kier alpha value is -0.0100. The van der Waals surface area contributed by atoms with Crippen LogP contribution >= 0.6 is 11.8 Å². The summed E-state index contributed by atoms with van der Waals surface area (Å²) in [5, 5.41) is 0. The van der Waals surface area contributed by atoms with Crippen LogP contribution in [-0.4, -0.2) is 234 Å². The average Bonchev–Trinajstić information content (AvgIpc) is 1.74. The Morgan fingerprint density at radius 1 is 0.274 bits per heavy atom. The van der Waals surface area contributed by atoms with E-state index in [2.05, 4.69) is 355 Å². The van der Waals surface area contributed by atoms with Crippen molar-refractivity contribution in [2.75, 3.05) is 190 Å². The van der Waals surface area contributed by atoms with E-state index in [4.69, 9.17) is 0 Å². The first-order valence-corrected chi connectivity index (χ1v) is 46.4. The molecular formula is C96H215N9S. The molecule has 0 radical (unpaired) electrons. The number of nitrogens with zero attached hydrogens (tertiary/aromatic N) is 9. The Balaban J connectivity index is -0.000000212. The van der Waals surface area contributed by atoms with Crippen LogP contribution in [0.4, 0.5) is 0 Å². The van der Waals surface area contributed by atoms with Crippen LogP contribution in [0.3, 0.4) is 0 Å². The fourth-order valence-electron chi connectivity index (χ4n) is 12.8. The Bertz CT molecular complexity index is 1810. The smallest absolute Gasteiger partial charge is 0.0109 e. The molecule has 0 spiro atoms. The Labute approximate surface area is 681 Å². The van der Waals surface area contributed by atoms with Crippen molar-refractivity contribution in [2.45, 2.75) is 374 Å². The summed E-state index contributed by atoms with van der Waals surface area (Å²) in [4.78, 5) is 22.7. The van der Waals surface area contributed by atoms with E-state index in [9.17, 15) is 0 Å². The van der Waals surface area contributed by atoms with Gasteiger partial charge in [0.25, 0.3) is 0 Å². The summed E-state index contributed by atoms with van der Waals surface area (Å²) in [7, 11) is 4.26. The molecule has 0 aliphatic heterocycles. The van der Waals surface area contributed by atoms with Gasteiger partial charge in [0.2, 0.25) is 0 Å². The molecule has 0 aromatic rings. The van der Waals surface area contributed by atoms with Gasteiger partial charge in [-0.3, -0.25) is 0 Å². The normalized spacial score (nSPS) is 13.6. The van der Waals surface area contributed by atoms with Crippen molar-refractivity contribution in [2.24, 2.45) is 66.0 Å². The highest BCUT2D eigenvalue weighted by molar-refractivity contribution is 7.98. The highest BCUT2D eigenvalue weighted by Crippen LogP contribution is 2.31. The zero-order valence-electron chi connectivity index (χ0n) is 83.2. The summed E-state index contributed by atoms with van der Waals surface area (Å²) in [6, 6.07) is 0. The van der Waals surface area contributed by atoms with Gasteiger partial charge in [0, 0.05) is 85.1 Å². The molecule has 0 saturated heterocycles. The van der Waals surface area contributed by atoms with Gasteiger partial charge in [0.05, 0.1) is 0 Å². The van der Waals surface area contributed by atoms with Crippen LogP contribution in [0.5, 0.6) is 0 Å². The minimum atomic E-state index is 0.418. The lowest BCUT2D eigenvalue weighted by Crippen LogP contribution is -2.38. The van der Waals surface area contributed by atoms with E-state index in [1.807, 2.05) is 11.8 Å². The first kappa shape index (κ1) is 119. The van der Waals surface area contributed by atoms with Gasteiger partial charge in [-0.05, 0) is 209 Å². The summed E-state index contributed by atoms with van der Waals surface area (Å²) in [6.07, 6.45) is 20.0. The fraction of sp³-hybridized carbons (Fsp3) is 1.00. The molecule has 0 bridgehead atoms. The lowest BCUT2D eigenvalue weighted by molar-refractivity contribution is 0.148. The molecule has 1 aliphatic rings. The molecule has 9 nitrogen and oxygen atoms in total. The van der Waals surface area contributed by atoms with Crippen molar-refractivity contribution in [3.8, 4) is 0 Å². The third-order valence-electron chi connectivity index (χ3n) is 18.0.